The van der Waals surface area contributed by atoms with Gasteiger partial charge < -0.3 is 4.74 Å². The molecule has 0 amide bonds. The summed E-state index contributed by atoms with van der Waals surface area (Å²) in [4.78, 5) is 4.71. The maximum Gasteiger partial charge on any atom is 0.170 e. The van der Waals surface area contributed by atoms with Crippen molar-refractivity contribution in [1.29, 1.82) is 0 Å². The van der Waals surface area contributed by atoms with E-state index in [2.05, 4.69) is 31.2 Å². The van der Waals surface area contributed by atoms with Crippen molar-refractivity contribution in [2.24, 2.45) is 4.99 Å². The molecule has 0 N–H and O–H groups in total. The van der Waals surface area contributed by atoms with E-state index in [1.165, 1.54) is 5.56 Å². The van der Waals surface area contributed by atoms with E-state index in [0.29, 0.717) is 23.2 Å². The number of hydrogen-bond donors (Lipinski definition) is 0. The maximum atomic E-state index is 6.05. The lowest BCUT2D eigenvalue weighted by atomic mass is 10.1. The zero-order chi connectivity index (χ0) is 24.0. The third-order valence-electron chi connectivity index (χ3n) is 5.56. The molecule has 1 aromatic heterocycles. The smallest absolute Gasteiger partial charge is 0.170 e. The quantitative estimate of drug-likeness (QED) is 0.229. The Labute approximate surface area is 210 Å². The fraction of sp³-hybridized carbons (Fsp3) is 0.0667. The SMILES string of the molecule is Cc1ccccc1COc1c#cc(C=Nc2cc(-c3ccc(Cl)cc3)nn2-c2ccccc2)cc1. The molecule has 0 aliphatic heterocycles. The summed E-state index contributed by atoms with van der Waals surface area (Å²) in [5.74, 6) is 1.35. The van der Waals surface area contributed by atoms with Gasteiger partial charge in [0.2, 0.25) is 0 Å². The second kappa shape index (κ2) is 10.3. The Kier molecular flexibility index (Phi) is 6.61. The van der Waals surface area contributed by atoms with Crippen LogP contribution >= 0.6 is 11.6 Å². The van der Waals surface area contributed by atoms with Crippen LogP contribution in [-0.2, 0) is 6.61 Å². The topological polar surface area (TPSA) is 39.4 Å². The van der Waals surface area contributed by atoms with Gasteiger partial charge in [-0.15, -0.1) is 0 Å². The molecule has 0 bridgehead atoms. The molecule has 170 valence electrons. The Bertz CT molecular complexity index is 1440. The van der Waals surface area contributed by atoms with E-state index in [4.69, 9.17) is 26.4 Å². The van der Waals surface area contributed by atoms with Crippen LogP contribution < -0.4 is 4.74 Å². The van der Waals surface area contributed by atoms with Crippen molar-refractivity contribution in [3.63, 3.8) is 0 Å². The monoisotopic (exact) mass is 475 g/mol. The van der Waals surface area contributed by atoms with E-state index < -0.39 is 0 Å². The number of rotatable bonds is 7. The summed E-state index contributed by atoms with van der Waals surface area (Å²) in [6.07, 6.45) is 1.75. The van der Waals surface area contributed by atoms with Crippen LogP contribution in [0.25, 0.3) is 16.9 Å². The van der Waals surface area contributed by atoms with Crippen LogP contribution in [0.1, 0.15) is 16.7 Å². The van der Waals surface area contributed by atoms with Crippen LogP contribution in [-0.4, -0.2) is 16.0 Å². The highest BCUT2D eigenvalue weighted by atomic mass is 35.5. The Balaban J connectivity index is 1.36. The minimum atomic E-state index is 0.494. The molecule has 5 rings (SSSR count). The summed E-state index contributed by atoms with van der Waals surface area (Å²) in [5.41, 5.74) is 5.85. The third kappa shape index (κ3) is 5.43. The molecule has 1 heterocycles. The summed E-state index contributed by atoms with van der Waals surface area (Å²) in [6, 6.07) is 37.7. The molecule has 35 heavy (non-hydrogen) atoms. The molecular formula is C30H22ClN3O. The van der Waals surface area contributed by atoms with Crippen LogP contribution in [0.4, 0.5) is 5.82 Å². The largest absolute Gasteiger partial charge is 0.481 e. The lowest BCUT2D eigenvalue weighted by Crippen LogP contribution is -1.97. The van der Waals surface area contributed by atoms with E-state index in [1.807, 2.05) is 89.6 Å². The Morgan fingerprint density at radius 1 is 0.914 bits per heavy atom. The molecule has 4 nitrogen and oxygen atoms in total. The zero-order valence-electron chi connectivity index (χ0n) is 19.1. The molecular weight excluding hydrogens is 454 g/mol. The number of benzene rings is 3. The predicted octanol–water partition coefficient (Wildman–Crippen LogP) is 7.43. The molecule has 0 saturated heterocycles. The molecule has 5 heteroatoms. The van der Waals surface area contributed by atoms with Crippen molar-refractivity contribution in [1.82, 2.24) is 9.78 Å². The van der Waals surface area contributed by atoms with Crippen LogP contribution in [0.3, 0.4) is 0 Å². The average Bonchev–Trinajstić information content (AvgIpc) is 3.33. The molecule has 5 aromatic rings. The Morgan fingerprint density at radius 3 is 2.43 bits per heavy atom. The number of ether oxygens (including phenoxy) is 1. The number of aromatic nitrogens is 2. The van der Waals surface area contributed by atoms with Gasteiger partial charge in [-0.25, -0.2) is 9.67 Å². The minimum absolute atomic E-state index is 0.494. The fourth-order valence-corrected chi connectivity index (χ4v) is 3.72. The molecule has 0 aliphatic rings. The molecule has 0 saturated carbocycles. The molecule has 0 atom stereocenters. The number of halogens is 1. The highest BCUT2D eigenvalue weighted by Gasteiger charge is 2.10. The minimum Gasteiger partial charge on any atom is -0.481 e. The van der Waals surface area contributed by atoms with Gasteiger partial charge in [-0.1, -0.05) is 72.3 Å². The first-order chi connectivity index (χ1) is 17.2. The molecule has 0 unspecified atom stereocenters. The van der Waals surface area contributed by atoms with Gasteiger partial charge in [0.15, 0.2) is 11.6 Å². The van der Waals surface area contributed by atoms with Crippen molar-refractivity contribution in [3.8, 4) is 22.7 Å². The van der Waals surface area contributed by atoms with E-state index in [1.54, 1.807) is 6.21 Å². The van der Waals surface area contributed by atoms with Gasteiger partial charge in [0.05, 0.1) is 11.4 Å². The highest BCUT2D eigenvalue weighted by Crippen LogP contribution is 2.27. The van der Waals surface area contributed by atoms with E-state index in [0.717, 1.165) is 28.1 Å². The third-order valence-corrected chi connectivity index (χ3v) is 5.81. The van der Waals surface area contributed by atoms with Gasteiger partial charge in [-0.2, -0.15) is 5.10 Å². The normalized spacial score (nSPS) is 10.9. The summed E-state index contributed by atoms with van der Waals surface area (Å²) in [5, 5.41) is 5.48. The number of aliphatic imine (C=N–C) groups is 1. The Morgan fingerprint density at radius 2 is 1.69 bits per heavy atom. The van der Waals surface area contributed by atoms with Gasteiger partial charge >= 0.3 is 0 Å². The van der Waals surface area contributed by atoms with Crippen molar-refractivity contribution in [3.05, 3.63) is 131 Å². The predicted molar refractivity (Wildman–Crippen MR) is 141 cm³/mol. The first kappa shape index (κ1) is 22.5. The zero-order valence-corrected chi connectivity index (χ0v) is 19.9. The van der Waals surface area contributed by atoms with E-state index >= 15 is 0 Å². The Hall–Kier alpha value is -4.33. The van der Waals surface area contributed by atoms with Crippen LogP contribution in [0.5, 0.6) is 5.75 Å². The molecule has 0 fully saturated rings. The lowest BCUT2D eigenvalue weighted by molar-refractivity contribution is 0.305. The van der Waals surface area contributed by atoms with E-state index in [9.17, 15) is 0 Å². The second-order valence-corrected chi connectivity index (χ2v) is 8.45. The molecule has 0 aliphatic carbocycles. The van der Waals surface area contributed by atoms with Crippen LogP contribution in [0.2, 0.25) is 5.02 Å². The number of hydrogen-bond acceptors (Lipinski definition) is 3. The van der Waals surface area contributed by atoms with Crippen molar-refractivity contribution in [2.75, 3.05) is 0 Å². The van der Waals surface area contributed by atoms with Gasteiger partial charge in [-0.05, 0) is 60.5 Å². The number of aryl methyl sites for hydroxylation is 1. The fourth-order valence-electron chi connectivity index (χ4n) is 3.59. The maximum absolute atomic E-state index is 6.05. The average molecular weight is 476 g/mol. The first-order valence-corrected chi connectivity index (χ1v) is 11.6. The standard InChI is InChI=1S/C30H22ClN3O/c1-22-7-5-6-8-25(22)21-35-28-17-11-23(12-18-28)20-32-30-19-29(24-13-15-26(31)16-14-24)33-34(30)27-9-3-2-4-10-27/h2-11,13-17,19-20H,21H2,1H3. The van der Waals surface area contributed by atoms with Crippen molar-refractivity contribution < 1.29 is 4.74 Å². The van der Waals surface area contributed by atoms with Crippen LogP contribution in [0.15, 0.2) is 102 Å². The first-order valence-electron chi connectivity index (χ1n) is 11.2. The number of para-hydroxylation sites is 1. The van der Waals surface area contributed by atoms with Gasteiger partial charge in [0.25, 0.3) is 0 Å². The van der Waals surface area contributed by atoms with Gasteiger partial charge in [0, 0.05) is 28.4 Å². The van der Waals surface area contributed by atoms with Crippen molar-refractivity contribution >= 4 is 23.6 Å². The molecule has 0 radical (unpaired) electrons. The van der Waals surface area contributed by atoms with Crippen LogP contribution in [0, 0.1) is 19.1 Å². The lowest BCUT2D eigenvalue weighted by Gasteiger charge is -2.06. The van der Waals surface area contributed by atoms with Gasteiger partial charge in [0.1, 0.15) is 6.61 Å². The van der Waals surface area contributed by atoms with Crippen molar-refractivity contribution in [2.45, 2.75) is 13.5 Å². The number of nitrogens with zero attached hydrogens (tertiary/aromatic N) is 3. The summed E-state index contributed by atoms with van der Waals surface area (Å²) in [6.45, 7) is 2.57. The highest BCUT2D eigenvalue weighted by molar-refractivity contribution is 6.30. The summed E-state index contributed by atoms with van der Waals surface area (Å²) >= 11 is 6.05. The summed E-state index contributed by atoms with van der Waals surface area (Å²) < 4.78 is 7.70. The molecule has 4 aromatic carbocycles. The molecule has 0 spiro atoms. The van der Waals surface area contributed by atoms with E-state index in [-0.39, 0.29) is 0 Å². The second-order valence-electron chi connectivity index (χ2n) is 8.02. The summed E-state index contributed by atoms with van der Waals surface area (Å²) in [7, 11) is 0. The van der Waals surface area contributed by atoms with Gasteiger partial charge in [-0.3, -0.25) is 0 Å².